The highest BCUT2D eigenvalue weighted by atomic mass is 16.2. The number of nitrogens with one attached hydrogen (secondary N) is 2. The van der Waals surface area contributed by atoms with E-state index >= 15 is 0 Å². The van der Waals surface area contributed by atoms with Crippen molar-refractivity contribution in [1.82, 2.24) is 19.7 Å². The number of carbonyl (C=O) groups excluding carboxylic acids is 2. The first-order valence-corrected chi connectivity index (χ1v) is 14.2. The molecular weight excluding hydrogens is 516 g/mol. The minimum absolute atomic E-state index is 0.0712. The van der Waals surface area contributed by atoms with Crippen molar-refractivity contribution in [3.05, 3.63) is 66.5 Å². The number of aromatic nitrogens is 3. The number of carbonyl (C=O) groups is 2. The number of nitrogens with zero attached hydrogens (tertiary/aromatic N) is 5. The van der Waals surface area contributed by atoms with Crippen LogP contribution in [0.15, 0.2) is 60.3 Å². The van der Waals surface area contributed by atoms with Crippen LogP contribution < -0.4 is 16.4 Å². The van der Waals surface area contributed by atoms with E-state index in [1.165, 1.54) is 12.3 Å². The van der Waals surface area contributed by atoms with Gasteiger partial charge in [-0.05, 0) is 63.3 Å². The van der Waals surface area contributed by atoms with E-state index in [1.807, 2.05) is 13.2 Å². The highest BCUT2D eigenvalue weighted by Gasteiger charge is 2.31. The quantitative estimate of drug-likeness (QED) is 0.252. The van der Waals surface area contributed by atoms with Crippen molar-refractivity contribution in [2.24, 2.45) is 23.7 Å². The number of likely N-dealkylation sites (tertiary alicyclic amines) is 1. The van der Waals surface area contributed by atoms with E-state index in [1.54, 1.807) is 36.3 Å². The number of nitrogens with two attached hydrogens (primary N) is 1. The monoisotopic (exact) mass is 560 g/mol. The average Bonchev–Trinajstić information content (AvgIpc) is 3.50. The molecule has 10 heteroatoms. The summed E-state index contributed by atoms with van der Waals surface area (Å²) in [5.41, 5.74) is 9.84. The largest absolute Gasteiger partial charge is 0.404 e. The van der Waals surface area contributed by atoms with Gasteiger partial charge in [-0.2, -0.15) is 5.10 Å². The predicted octanol–water partition coefficient (Wildman–Crippen LogP) is 4.82. The number of aliphatic imine (C=N–C) groups is 1. The first kappa shape index (κ1) is 31.5. The fraction of sp³-hybridized carbons (Fsp3) is 0.452. The zero-order valence-corrected chi connectivity index (χ0v) is 25.1. The molecule has 0 saturated carbocycles. The summed E-state index contributed by atoms with van der Waals surface area (Å²) in [6.07, 6.45) is 13.3. The Morgan fingerprint density at radius 3 is 2.63 bits per heavy atom. The van der Waals surface area contributed by atoms with Gasteiger partial charge in [-0.25, -0.2) is 0 Å². The molecule has 2 unspecified atom stereocenters. The molecule has 41 heavy (non-hydrogen) atoms. The van der Waals surface area contributed by atoms with E-state index in [-0.39, 0.29) is 23.4 Å². The number of allylic oxidation sites excluding steroid dienone is 2. The Hall–Kier alpha value is -4.05. The van der Waals surface area contributed by atoms with E-state index in [0.29, 0.717) is 35.2 Å². The van der Waals surface area contributed by atoms with Crippen molar-refractivity contribution < 1.29 is 9.59 Å². The third-order valence-electron chi connectivity index (χ3n) is 7.36. The Morgan fingerprint density at radius 2 is 2.02 bits per heavy atom. The molecule has 0 radical (unpaired) electrons. The van der Waals surface area contributed by atoms with Crippen LogP contribution in [-0.4, -0.2) is 55.8 Å². The molecule has 4 N–H and O–H groups in total. The molecule has 1 aliphatic heterocycles. The van der Waals surface area contributed by atoms with Gasteiger partial charge in [-0.1, -0.05) is 27.4 Å². The minimum Gasteiger partial charge on any atom is -0.404 e. The van der Waals surface area contributed by atoms with Crippen LogP contribution in [0.4, 0.5) is 11.4 Å². The molecule has 2 aromatic heterocycles. The number of rotatable bonds is 12. The first-order valence-electron chi connectivity index (χ1n) is 14.2. The summed E-state index contributed by atoms with van der Waals surface area (Å²) >= 11 is 0. The highest BCUT2D eigenvalue weighted by Crippen LogP contribution is 2.27. The second kappa shape index (κ2) is 14.5. The molecule has 1 aliphatic rings. The molecule has 0 bridgehead atoms. The Morgan fingerprint density at radius 1 is 1.27 bits per heavy atom. The molecule has 3 heterocycles. The molecule has 1 fully saturated rings. The van der Waals surface area contributed by atoms with Crippen molar-refractivity contribution in [1.29, 1.82) is 0 Å². The average molecular weight is 561 g/mol. The number of anilines is 2. The van der Waals surface area contributed by atoms with Gasteiger partial charge in [0.15, 0.2) is 0 Å². The smallest absolute Gasteiger partial charge is 0.259 e. The second-order valence-corrected chi connectivity index (χ2v) is 10.8. The fourth-order valence-electron chi connectivity index (χ4n) is 5.13. The van der Waals surface area contributed by atoms with Gasteiger partial charge in [0.1, 0.15) is 0 Å². The fourth-order valence-corrected chi connectivity index (χ4v) is 5.13. The van der Waals surface area contributed by atoms with Crippen molar-refractivity contribution >= 4 is 34.5 Å². The van der Waals surface area contributed by atoms with Crippen LogP contribution in [0.2, 0.25) is 0 Å². The molecule has 2 atom stereocenters. The van der Waals surface area contributed by atoms with Gasteiger partial charge in [0.25, 0.3) is 5.91 Å². The Balaban J connectivity index is 1.74. The molecule has 0 aromatic carbocycles. The minimum atomic E-state index is -0.462. The second-order valence-electron chi connectivity index (χ2n) is 10.8. The lowest BCUT2D eigenvalue weighted by atomic mass is 9.99. The van der Waals surface area contributed by atoms with Crippen LogP contribution in [-0.2, 0) is 16.6 Å². The number of hydrogen-bond donors (Lipinski definition) is 3. The summed E-state index contributed by atoms with van der Waals surface area (Å²) in [5, 5.41) is 10.1. The van der Waals surface area contributed by atoms with Crippen molar-refractivity contribution in [3.8, 4) is 0 Å². The molecule has 0 aliphatic carbocycles. The van der Waals surface area contributed by atoms with Gasteiger partial charge in [0.2, 0.25) is 5.91 Å². The lowest BCUT2D eigenvalue weighted by molar-refractivity contribution is -0.117. The third kappa shape index (κ3) is 8.23. The maximum absolute atomic E-state index is 13.3. The molecular formula is C31H44N8O2. The van der Waals surface area contributed by atoms with Crippen molar-refractivity contribution in [2.75, 3.05) is 17.2 Å². The van der Waals surface area contributed by atoms with Gasteiger partial charge in [-0.15, -0.1) is 0 Å². The summed E-state index contributed by atoms with van der Waals surface area (Å²) in [4.78, 5) is 37.5. The van der Waals surface area contributed by atoms with E-state index in [4.69, 9.17) is 5.73 Å². The van der Waals surface area contributed by atoms with Crippen LogP contribution in [0, 0.1) is 12.8 Å². The van der Waals surface area contributed by atoms with Crippen molar-refractivity contribution in [2.45, 2.75) is 72.4 Å². The molecule has 10 nitrogen and oxygen atoms in total. The summed E-state index contributed by atoms with van der Waals surface area (Å²) in [7, 11) is 1.85. The first-order chi connectivity index (χ1) is 19.6. The normalized spacial score (nSPS) is 18.6. The lowest BCUT2D eigenvalue weighted by Crippen LogP contribution is -2.37. The van der Waals surface area contributed by atoms with Gasteiger partial charge < -0.3 is 16.4 Å². The van der Waals surface area contributed by atoms with E-state index in [9.17, 15) is 9.59 Å². The van der Waals surface area contributed by atoms with Gasteiger partial charge in [0, 0.05) is 49.7 Å². The standard InChI is InChI=1S/C31H44N8O2/c1-8-12-39-21(5)10-11-25(39)14-30(40)36-24-13-29(22(6)33-17-24)37-31(41)26(15-32)28(9-2)34-18-27(20(3)4)23-16-35-38(7)19-23/h9,13,15-21,25H,2,8,10-12,14,32H2,1,3-7H3,(H,36,40)(H,37,41)/b26-15+,27-18+,34-28+. The Bertz CT molecular complexity index is 1340. The van der Waals surface area contributed by atoms with E-state index in [0.717, 1.165) is 36.9 Å². The predicted molar refractivity (Wildman–Crippen MR) is 166 cm³/mol. The summed E-state index contributed by atoms with van der Waals surface area (Å²) < 4.78 is 1.73. The van der Waals surface area contributed by atoms with Gasteiger partial charge in [-0.3, -0.25) is 29.1 Å². The third-order valence-corrected chi connectivity index (χ3v) is 7.36. The van der Waals surface area contributed by atoms with Crippen LogP contribution >= 0.6 is 0 Å². The molecule has 2 aromatic rings. The maximum Gasteiger partial charge on any atom is 0.259 e. The number of amides is 2. The lowest BCUT2D eigenvalue weighted by Gasteiger charge is -2.27. The molecule has 3 rings (SSSR count). The maximum atomic E-state index is 13.3. The topological polar surface area (TPSA) is 131 Å². The summed E-state index contributed by atoms with van der Waals surface area (Å²) in [6, 6.07) is 2.43. The molecule has 1 saturated heterocycles. The van der Waals surface area contributed by atoms with Crippen LogP contribution in [0.5, 0.6) is 0 Å². The summed E-state index contributed by atoms with van der Waals surface area (Å²) in [6.45, 7) is 15.1. The van der Waals surface area contributed by atoms with Crippen molar-refractivity contribution in [3.63, 3.8) is 0 Å². The zero-order chi connectivity index (χ0) is 30.1. The van der Waals surface area contributed by atoms with Gasteiger partial charge >= 0.3 is 0 Å². The van der Waals surface area contributed by atoms with Crippen LogP contribution in [0.1, 0.15) is 64.6 Å². The molecule has 220 valence electrons. The van der Waals surface area contributed by atoms with Crippen LogP contribution in [0.25, 0.3) is 5.57 Å². The van der Waals surface area contributed by atoms with Gasteiger partial charge in [0.05, 0.1) is 40.7 Å². The molecule has 2 amide bonds. The summed E-state index contributed by atoms with van der Waals surface area (Å²) in [5.74, 6) is -0.361. The van der Waals surface area contributed by atoms with E-state index in [2.05, 4.69) is 64.9 Å². The van der Waals surface area contributed by atoms with E-state index < -0.39 is 5.91 Å². The SMILES string of the molecule is C=CC(=N\C=C(\c1cnn(C)c1)C(C)C)/C(=C\N)C(=O)Nc1cc(NC(=O)CC2CCC(C)N2CCC)cnc1C. The zero-order valence-electron chi connectivity index (χ0n) is 25.1. The number of aryl methyl sites for hydroxylation is 2. The Labute approximate surface area is 243 Å². The van der Waals surface area contributed by atoms with Crippen LogP contribution in [0.3, 0.4) is 0 Å². The Kier molecular flexibility index (Phi) is 11.2. The highest BCUT2D eigenvalue weighted by molar-refractivity contribution is 6.29. The molecule has 0 spiro atoms. The number of hydrogen-bond acceptors (Lipinski definition) is 7. The number of pyridine rings is 1.